The summed E-state index contributed by atoms with van der Waals surface area (Å²) in [7, 11) is 0. The van der Waals surface area contributed by atoms with Crippen LogP contribution >= 0.6 is 23.4 Å². The van der Waals surface area contributed by atoms with Crippen molar-refractivity contribution in [1.29, 1.82) is 0 Å². The Morgan fingerprint density at radius 3 is 2.67 bits per heavy atom. The molecule has 1 aromatic carbocycles. The maximum Gasteiger partial charge on any atom is 0.417 e. The van der Waals surface area contributed by atoms with Crippen LogP contribution in [0.3, 0.4) is 0 Å². The lowest BCUT2D eigenvalue weighted by Gasteiger charge is -2.10. The number of benzene rings is 1. The SMILES string of the molecule is CC(=O)SCC=Cc1cccc(C(F)(F)F)c1Cl. The van der Waals surface area contributed by atoms with Crippen LogP contribution in [0.2, 0.25) is 5.02 Å². The maximum absolute atomic E-state index is 12.6. The van der Waals surface area contributed by atoms with Gasteiger partial charge in [0.25, 0.3) is 0 Å². The van der Waals surface area contributed by atoms with Gasteiger partial charge in [0.2, 0.25) is 0 Å². The highest BCUT2D eigenvalue weighted by Crippen LogP contribution is 2.36. The van der Waals surface area contributed by atoms with Gasteiger partial charge in [-0.05, 0) is 11.6 Å². The second kappa shape index (κ2) is 6.29. The van der Waals surface area contributed by atoms with E-state index in [1.54, 1.807) is 6.08 Å². The predicted octanol–water partition coefficient (Wildman–Crippen LogP) is 4.65. The van der Waals surface area contributed by atoms with Crippen LogP contribution in [-0.2, 0) is 11.0 Å². The monoisotopic (exact) mass is 294 g/mol. The Balaban J connectivity index is 2.88. The van der Waals surface area contributed by atoms with Crippen molar-refractivity contribution in [2.45, 2.75) is 13.1 Å². The normalized spacial score (nSPS) is 12.1. The summed E-state index contributed by atoms with van der Waals surface area (Å²) in [5.41, 5.74) is -0.568. The molecule has 1 aromatic rings. The molecule has 0 aliphatic rings. The first-order chi connectivity index (χ1) is 8.32. The van der Waals surface area contributed by atoms with Crippen molar-refractivity contribution in [3.63, 3.8) is 0 Å². The third-order valence-electron chi connectivity index (χ3n) is 2.01. The molecular weight excluding hydrogens is 285 g/mol. The van der Waals surface area contributed by atoms with Crippen molar-refractivity contribution in [3.8, 4) is 0 Å². The lowest BCUT2D eigenvalue weighted by atomic mass is 10.1. The summed E-state index contributed by atoms with van der Waals surface area (Å²) in [6, 6.07) is 3.73. The molecule has 0 amide bonds. The molecule has 0 saturated carbocycles. The molecular formula is C12H10ClF3OS. The number of alkyl halides is 3. The first kappa shape index (κ1) is 15.1. The number of carbonyl (C=O) groups is 1. The van der Waals surface area contributed by atoms with Crippen LogP contribution in [0.5, 0.6) is 0 Å². The average Bonchev–Trinajstić information content (AvgIpc) is 2.24. The fraction of sp³-hybridized carbons (Fsp3) is 0.250. The summed E-state index contributed by atoms with van der Waals surface area (Å²) in [4.78, 5) is 10.7. The molecule has 0 radical (unpaired) electrons. The number of halogens is 4. The van der Waals surface area contributed by atoms with E-state index < -0.39 is 11.7 Å². The molecule has 0 saturated heterocycles. The Labute approximate surface area is 112 Å². The summed E-state index contributed by atoms with van der Waals surface area (Å²) in [5.74, 6) is 0.405. The summed E-state index contributed by atoms with van der Waals surface area (Å²) in [6.07, 6.45) is -1.38. The smallest absolute Gasteiger partial charge is 0.288 e. The quantitative estimate of drug-likeness (QED) is 0.807. The molecule has 0 unspecified atom stereocenters. The summed E-state index contributed by atoms with van der Waals surface area (Å²) in [6.45, 7) is 1.43. The van der Waals surface area contributed by atoms with Gasteiger partial charge < -0.3 is 0 Å². The summed E-state index contributed by atoms with van der Waals surface area (Å²) >= 11 is 6.77. The molecule has 0 fully saturated rings. The van der Waals surface area contributed by atoms with Gasteiger partial charge in [-0.3, -0.25) is 4.79 Å². The third-order valence-corrected chi connectivity index (χ3v) is 3.20. The second-order valence-corrected chi connectivity index (χ2v) is 4.99. The van der Waals surface area contributed by atoms with Crippen LogP contribution in [0.4, 0.5) is 13.2 Å². The van der Waals surface area contributed by atoms with E-state index in [9.17, 15) is 18.0 Å². The molecule has 0 atom stereocenters. The fourth-order valence-electron chi connectivity index (χ4n) is 1.24. The summed E-state index contributed by atoms with van der Waals surface area (Å²) in [5, 5.41) is -0.371. The zero-order chi connectivity index (χ0) is 13.8. The van der Waals surface area contributed by atoms with Crippen LogP contribution in [0.25, 0.3) is 6.08 Å². The van der Waals surface area contributed by atoms with Crippen molar-refractivity contribution < 1.29 is 18.0 Å². The van der Waals surface area contributed by atoms with Crippen LogP contribution in [0, 0.1) is 0 Å². The first-order valence-electron chi connectivity index (χ1n) is 4.98. The van der Waals surface area contributed by atoms with E-state index in [0.717, 1.165) is 17.8 Å². The lowest BCUT2D eigenvalue weighted by molar-refractivity contribution is -0.137. The van der Waals surface area contributed by atoms with Crippen molar-refractivity contribution in [3.05, 3.63) is 40.4 Å². The molecule has 0 heterocycles. The largest absolute Gasteiger partial charge is 0.417 e. The van der Waals surface area contributed by atoms with Gasteiger partial charge in [-0.2, -0.15) is 13.2 Å². The van der Waals surface area contributed by atoms with Gasteiger partial charge in [0.15, 0.2) is 5.12 Å². The highest BCUT2D eigenvalue weighted by atomic mass is 35.5. The summed E-state index contributed by atoms with van der Waals surface area (Å²) < 4.78 is 37.7. The zero-order valence-corrected chi connectivity index (χ0v) is 11.0. The molecule has 0 aliphatic heterocycles. The van der Waals surface area contributed by atoms with Gasteiger partial charge in [-0.15, -0.1) is 0 Å². The molecule has 0 aliphatic carbocycles. The van der Waals surface area contributed by atoms with Gasteiger partial charge in [0.1, 0.15) is 0 Å². The van der Waals surface area contributed by atoms with E-state index in [-0.39, 0.29) is 15.7 Å². The standard InChI is InChI=1S/C12H10ClF3OS/c1-8(17)18-7-3-5-9-4-2-6-10(11(9)13)12(14,15)16/h2-6H,7H2,1H3. The van der Waals surface area contributed by atoms with E-state index in [2.05, 4.69) is 0 Å². The Hall–Kier alpha value is -0.940. The Morgan fingerprint density at radius 1 is 1.44 bits per heavy atom. The zero-order valence-electron chi connectivity index (χ0n) is 9.42. The predicted molar refractivity (Wildman–Crippen MR) is 68.6 cm³/mol. The molecule has 98 valence electrons. The minimum Gasteiger partial charge on any atom is -0.288 e. The van der Waals surface area contributed by atoms with Crippen molar-refractivity contribution in [1.82, 2.24) is 0 Å². The second-order valence-electron chi connectivity index (χ2n) is 3.41. The molecule has 18 heavy (non-hydrogen) atoms. The number of hydrogen-bond acceptors (Lipinski definition) is 2. The van der Waals surface area contributed by atoms with E-state index in [0.29, 0.717) is 5.75 Å². The molecule has 1 nitrogen and oxygen atoms in total. The van der Waals surface area contributed by atoms with E-state index in [4.69, 9.17) is 11.6 Å². The van der Waals surface area contributed by atoms with Gasteiger partial charge in [0.05, 0.1) is 10.6 Å². The van der Waals surface area contributed by atoms with Crippen molar-refractivity contribution in [2.75, 3.05) is 5.75 Å². The molecule has 0 aromatic heterocycles. The van der Waals surface area contributed by atoms with Gasteiger partial charge >= 0.3 is 6.18 Å². The minimum absolute atomic E-state index is 0.0465. The number of rotatable bonds is 3. The Kier molecular flexibility index (Phi) is 5.28. The van der Waals surface area contributed by atoms with Crippen LogP contribution in [-0.4, -0.2) is 10.9 Å². The van der Waals surface area contributed by atoms with Crippen LogP contribution in [0.1, 0.15) is 18.1 Å². The molecule has 0 N–H and O–H groups in total. The Morgan fingerprint density at radius 2 is 2.11 bits per heavy atom. The molecule has 6 heteroatoms. The number of carbonyl (C=O) groups excluding carboxylic acids is 1. The maximum atomic E-state index is 12.6. The molecule has 1 rings (SSSR count). The van der Waals surface area contributed by atoms with E-state index >= 15 is 0 Å². The molecule has 0 spiro atoms. The Bertz CT molecular complexity index is 469. The topological polar surface area (TPSA) is 17.1 Å². The number of thioether (sulfide) groups is 1. The van der Waals surface area contributed by atoms with Crippen LogP contribution in [0.15, 0.2) is 24.3 Å². The van der Waals surface area contributed by atoms with Gasteiger partial charge in [0, 0.05) is 12.7 Å². The van der Waals surface area contributed by atoms with E-state index in [1.165, 1.54) is 25.1 Å². The van der Waals surface area contributed by atoms with Gasteiger partial charge in [-0.1, -0.05) is 47.6 Å². The first-order valence-corrected chi connectivity index (χ1v) is 6.34. The highest BCUT2D eigenvalue weighted by molar-refractivity contribution is 8.13. The van der Waals surface area contributed by atoms with Gasteiger partial charge in [-0.25, -0.2) is 0 Å². The van der Waals surface area contributed by atoms with Crippen molar-refractivity contribution in [2.24, 2.45) is 0 Å². The highest BCUT2D eigenvalue weighted by Gasteiger charge is 2.33. The van der Waals surface area contributed by atoms with Crippen LogP contribution < -0.4 is 0 Å². The fourth-order valence-corrected chi connectivity index (χ4v) is 1.96. The van der Waals surface area contributed by atoms with E-state index in [1.807, 2.05) is 0 Å². The minimum atomic E-state index is -4.46. The number of hydrogen-bond donors (Lipinski definition) is 0. The average molecular weight is 295 g/mol. The molecule has 0 bridgehead atoms. The third kappa shape index (κ3) is 4.38. The lowest BCUT2D eigenvalue weighted by Crippen LogP contribution is -2.06. The van der Waals surface area contributed by atoms with Crippen molar-refractivity contribution >= 4 is 34.6 Å².